The molecule has 0 radical (unpaired) electrons. The lowest BCUT2D eigenvalue weighted by Gasteiger charge is -2.34. The maximum Gasteiger partial charge on any atom is 0.409 e. The van der Waals surface area contributed by atoms with Gasteiger partial charge in [0.1, 0.15) is 0 Å². The Balaban J connectivity index is 1.92. The van der Waals surface area contributed by atoms with Gasteiger partial charge in [0.2, 0.25) is 0 Å². The highest BCUT2D eigenvalue weighted by Crippen LogP contribution is 2.11. The van der Waals surface area contributed by atoms with E-state index >= 15 is 0 Å². The van der Waals surface area contributed by atoms with E-state index in [1.165, 1.54) is 0 Å². The Morgan fingerprint density at radius 2 is 1.54 bits per heavy atom. The fourth-order valence-corrected chi connectivity index (χ4v) is 2.66. The second kappa shape index (κ2) is 9.22. The van der Waals surface area contributed by atoms with E-state index in [0.717, 1.165) is 6.42 Å². The maximum atomic E-state index is 12.6. The summed E-state index contributed by atoms with van der Waals surface area (Å²) in [5, 5.41) is 2.90. The van der Waals surface area contributed by atoms with E-state index in [0.29, 0.717) is 43.9 Å². The third-order valence-corrected chi connectivity index (χ3v) is 4.48. The molecule has 7 heteroatoms. The molecule has 1 aliphatic heterocycles. The van der Waals surface area contributed by atoms with Gasteiger partial charge in [-0.2, -0.15) is 0 Å². The zero-order valence-corrected chi connectivity index (χ0v) is 15.7. The first-order chi connectivity index (χ1) is 12.5. The van der Waals surface area contributed by atoms with Crippen molar-refractivity contribution in [2.75, 3.05) is 32.8 Å². The van der Waals surface area contributed by atoms with Crippen molar-refractivity contribution in [3.05, 3.63) is 35.4 Å². The molecule has 2 rings (SSSR count). The van der Waals surface area contributed by atoms with Gasteiger partial charge in [-0.3, -0.25) is 9.59 Å². The van der Waals surface area contributed by atoms with Crippen LogP contribution in [0.4, 0.5) is 4.79 Å². The second-order valence-electron chi connectivity index (χ2n) is 6.34. The van der Waals surface area contributed by atoms with Crippen LogP contribution in [0.15, 0.2) is 24.3 Å². The highest BCUT2D eigenvalue weighted by molar-refractivity contribution is 5.98. The summed E-state index contributed by atoms with van der Waals surface area (Å²) in [5.41, 5.74) is 1.07. The molecule has 26 heavy (non-hydrogen) atoms. The summed E-state index contributed by atoms with van der Waals surface area (Å²) in [6.07, 6.45) is 0.524. The zero-order valence-electron chi connectivity index (χ0n) is 15.7. The Hall–Kier alpha value is -2.57. The van der Waals surface area contributed by atoms with E-state index in [1.54, 1.807) is 41.0 Å². The van der Waals surface area contributed by atoms with Crippen LogP contribution in [0, 0.1) is 0 Å². The summed E-state index contributed by atoms with van der Waals surface area (Å²) in [6, 6.07) is 6.79. The largest absolute Gasteiger partial charge is 0.450 e. The van der Waals surface area contributed by atoms with E-state index in [1.807, 2.05) is 13.8 Å². The quantitative estimate of drug-likeness (QED) is 0.871. The van der Waals surface area contributed by atoms with Crippen molar-refractivity contribution < 1.29 is 19.1 Å². The number of nitrogens with zero attached hydrogens (tertiary/aromatic N) is 2. The van der Waals surface area contributed by atoms with Crippen LogP contribution in [-0.2, 0) is 4.74 Å². The first-order valence-corrected chi connectivity index (χ1v) is 9.08. The van der Waals surface area contributed by atoms with Crippen molar-refractivity contribution >= 4 is 17.9 Å². The lowest BCUT2D eigenvalue weighted by atomic mass is 10.1. The number of rotatable bonds is 5. The van der Waals surface area contributed by atoms with Crippen LogP contribution in [0.25, 0.3) is 0 Å². The third-order valence-electron chi connectivity index (χ3n) is 4.48. The van der Waals surface area contributed by atoms with Gasteiger partial charge in [0, 0.05) is 43.3 Å². The SMILES string of the molecule is CCOC(=O)N1CCN(C(=O)c2ccc(C(=O)NC(C)CC)cc2)CC1. The van der Waals surface area contributed by atoms with Gasteiger partial charge in [-0.05, 0) is 44.5 Å². The molecule has 1 N–H and O–H groups in total. The maximum absolute atomic E-state index is 12.6. The molecular weight excluding hydrogens is 334 g/mol. The smallest absolute Gasteiger partial charge is 0.409 e. The number of hydrogen-bond acceptors (Lipinski definition) is 4. The lowest BCUT2D eigenvalue weighted by Crippen LogP contribution is -2.50. The van der Waals surface area contributed by atoms with Crippen LogP contribution in [-0.4, -0.2) is 66.5 Å². The van der Waals surface area contributed by atoms with Gasteiger partial charge >= 0.3 is 6.09 Å². The van der Waals surface area contributed by atoms with E-state index < -0.39 is 0 Å². The van der Waals surface area contributed by atoms with Crippen LogP contribution in [0.3, 0.4) is 0 Å². The van der Waals surface area contributed by atoms with Crippen LogP contribution in [0.1, 0.15) is 47.9 Å². The average molecular weight is 361 g/mol. The molecule has 7 nitrogen and oxygen atoms in total. The minimum Gasteiger partial charge on any atom is -0.450 e. The van der Waals surface area contributed by atoms with E-state index in [4.69, 9.17) is 4.74 Å². The summed E-state index contributed by atoms with van der Waals surface area (Å²) >= 11 is 0. The highest BCUT2D eigenvalue weighted by atomic mass is 16.6. The van der Waals surface area contributed by atoms with Crippen LogP contribution >= 0.6 is 0 Å². The summed E-state index contributed by atoms with van der Waals surface area (Å²) in [7, 11) is 0. The van der Waals surface area contributed by atoms with Gasteiger partial charge in [-0.1, -0.05) is 6.92 Å². The summed E-state index contributed by atoms with van der Waals surface area (Å²) in [6.45, 7) is 7.92. The number of carbonyl (C=O) groups excluding carboxylic acids is 3. The number of amides is 3. The number of hydrogen-bond donors (Lipinski definition) is 1. The van der Waals surface area contributed by atoms with Crippen LogP contribution in [0.5, 0.6) is 0 Å². The molecule has 1 unspecified atom stereocenters. The molecule has 1 atom stereocenters. The van der Waals surface area contributed by atoms with Crippen molar-refractivity contribution in [3.8, 4) is 0 Å². The van der Waals surface area contributed by atoms with Crippen molar-refractivity contribution in [1.82, 2.24) is 15.1 Å². The number of benzene rings is 1. The number of ether oxygens (including phenoxy) is 1. The van der Waals surface area contributed by atoms with Gasteiger partial charge < -0.3 is 19.9 Å². The predicted octanol–water partition coefficient (Wildman–Crippen LogP) is 2.13. The molecular formula is C19H27N3O4. The summed E-state index contributed by atoms with van der Waals surface area (Å²) in [5.74, 6) is -0.233. The average Bonchev–Trinajstić information content (AvgIpc) is 2.67. The molecule has 1 saturated heterocycles. The van der Waals surface area contributed by atoms with Crippen LogP contribution in [0.2, 0.25) is 0 Å². The Kier molecular flexibility index (Phi) is 7.00. The lowest BCUT2D eigenvalue weighted by molar-refractivity contribution is 0.0570. The molecule has 0 saturated carbocycles. The van der Waals surface area contributed by atoms with E-state index in [9.17, 15) is 14.4 Å². The fourth-order valence-electron chi connectivity index (χ4n) is 2.66. The number of piperazine rings is 1. The van der Waals surface area contributed by atoms with Crippen molar-refractivity contribution in [1.29, 1.82) is 0 Å². The Morgan fingerprint density at radius 1 is 1.00 bits per heavy atom. The Morgan fingerprint density at radius 3 is 2.08 bits per heavy atom. The number of nitrogens with one attached hydrogen (secondary N) is 1. The monoisotopic (exact) mass is 361 g/mol. The molecule has 142 valence electrons. The summed E-state index contributed by atoms with van der Waals surface area (Å²) < 4.78 is 4.98. The zero-order chi connectivity index (χ0) is 19.1. The fraction of sp³-hybridized carbons (Fsp3) is 0.526. The third kappa shape index (κ3) is 4.97. The normalized spacial score (nSPS) is 15.3. The molecule has 1 fully saturated rings. The van der Waals surface area contributed by atoms with E-state index in [2.05, 4.69) is 5.32 Å². The van der Waals surface area contributed by atoms with E-state index in [-0.39, 0.29) is 23.9 Å². The molecule has 0 aliphatic carbocycles. The molecule has 3 amide bonds. The second-order valence-corrected chi connectivity index (χ2v) is 6.34. The topological polar surface area (TPSA) is 79.0 Å². The molecule has 0 bridgehead atoms. The number of carbonyl (C=O) groups is 3. The highest BCUT2D eigenvalue weighted by Gasteiger charge is 2.25. The molecule has 1 heterocycles. The van der Waals surface area contributed by atoms with Crippen molar-refractivity contribution in [2.24, 2.45) is 0 Å². The predicted molar refractivity (Wildman–Crippen MR) is 98.2 cm³/mol. The van der Waals surface area contributed by atoms with Crippen molar-refractivity contribution in [2.45, 2.75) is 33.2 Å². The van der Waals surface area contributed by atoms with Gasteiger partial charge in [-0.25, -0.2) is 4.79 Å². The first-order valence-electron chi connectivity index (χ1n) is 9.08. The molecule has 1 aromatic carbocycles. The van der Waals surface area contributed by atoms with Gasteiger partial charge in [0.25, 0.3) is 11.8 Å². The van der Waals surface area contributed by atoms with Gasteiger partial charge in [0.05, 0.1) is 6.61 Å². The molecule has 1 aliphatic rings. The Labute approximate surface area is 154 Å². The van der Waals surface area contributed by atoms with Crippen LogP contribution < -0.4 is 5.32 Å². The molecule has 0 spiro atoms. The standard InChI is InChI=1S/C19H27N3O4/c1-4-14(3)20-17(23)15-6-8-16(9-7-15)18(24)21-10-12-22(13-11-21)19(25)26-5-2/h6-9,14H,4-5,10-13H2,1-3H3,(H,20,23). The Bertz CT molecular complexity index is 637. The molecule has 0 aromatic heterocycles. The molecule has 1 aromatic rings. The summed E-state index contributed by atoms with van der Waals surface area (Å²) in [4.78, 5) is 39.7. The van der Waals surface area contributed by atoms with Gasteiger partial charge in [0.15, 0.2) is 0 Å². The minimum atomic E-state index is -0.337. The minimum absolute atomic E-state index is 0.0950. The van der Waals surface area contributed by atoms with Gasteiger partial charge in [-0.15, -0.1) is 0 Å². The van der Waals surface area contributed by atoms with Crippen molar-refractivity contribution in [3.63, 3.8) is 0 Å². The first kappa shape index (κ1) is 19.8.